The van der Waals surface area contributed by atoms with Crippen LogP contribution in [0.1, 0.15) is 6.42 Å². The molecule has 98 valence electrons. The Bertz CT molecular complexity index is 453. The number of amides is 1. The molecule has 5 nitrogen and oxygen atoms in total. The van der Waals surface area contributed by atoms with Gasteiger partial charge in [0, 0.05) is 24.8 Å². The molecule has 1 aromatic rings. The largest absolute Gasteiger partial charge is 0.486 e. The predicted octanol–water partition coefficient (Wildman–Crippen LogP) is 2.00. The molecule has 1 fully saturated rings. The standard InChI is InChI=1S/C12H15FN2O3/c1-15-5-4-9(7-15)18-11-6-8(14-12(16)17)2-3-10(11)13/h2-3,6,9,14H,4-5,7H2,1H3,(H,16,17)/t9-/m1/s1. The van der Waals surface area contributed by atoms with E-state index in [1.165, 1.54) is 18.2 Å². The Hall–Kier alpha value is -1.82. The zero-order valence-corrected chi connectivity index (χ0v) is 10.0. The first-order valence-electron chi connectivity index (χ1n) is 5.69. The van der Waals surface area contributed by atoms with Crippen LogP contribution < -0.4 is 10.1 Å². The molecule has 2 N–H and O–H groups in total. The lowest BCUT2D eigenvalue weighted by molar-refractivity contribution is 0.199. The lowest BCUT2D eigenvalue weighted by Crippen LogP contribution is -2.21. The first kappa shape index (κ1) is 12.6. The smallest absolute Gasteiger partial charge is 0.409 e. The molecule has 1 heterocycles. The van der Waals surface area contributed by atoms with Crippen LogP contribution in [0, 0.1) is 5.82 Å². The maximum Gasteiger partial charge on any atom is 0.409 e. The number of halogens is 1. The summed E-state index contributed by atoms with van der Waals surface area (Å²) in [7, 11) is 1.97. The Balaban J connectivity index is 2.08. The van der Waals surface area contributed by atoms with Gasteiger partial charge in [0.1, 0.15) is 6.10 Å². The van der Waals surface area contributed by atoms with Crippen LogP contribution in [-0.2, 0) is 0 Å². The molecule has 1 atom stereocenters. The minimum atomic E-state index is -1.19. The summed E-state index contributed by atoms with van der Waals surface area (Å²) in [4.78, 5) is 12.6. The van der Waals surface area contributed by atoms with Gasteiger partial charge in [-0.2, -0.15) is 0 Å². The van der Waals surface area contributed by atoms with Gasteiger partial charge in [0.15, 0.2) is 11.6 Å². The highest BCUT2D eigenvalue weighted by Crippen LogP contribution is 2.25. The first-order chi connectivity index (χ1) is 8.54. The number of likely N-dealkylation sites (tertiary alicyclic amines) is 1. The summed E-state index contributed by atoms with van der Waals surface area (Å²) in [6, 6.07) is 3.91. The summed E-state index contributed by atoms with van der Waals surface area (Å²) in [5, 5.41) is 10.8. The number of anilines is 1. The van der Waals surface area contributed by atoms with Crippen LogP contribution in [-0.4, -0.2) is 42.3 Å². The van der Waals surface area contributed by atoms with E-state index in [1.54, 1.807) is 0 Å². The van der Waals surface area contributed by atoms with E-state index in [1.807, 2.05) is 7.05 Å². The van der Waals surface area contributed by atoms with E-state index in [-0.39, 0.29) is 11.9 Å². The molecular formula is C12H15FN2O3. The van der Waals surface area contributed by atoms with Crippen molar-refractivity contribution in [3.63, 3.8) is 0 Å². The molecule has 1 aliphatic heterocycles. The van der Waals surface area contributed by atoms with E-state index in [0.717, 1.165) is 19.5 Å². The molecule has 1 saturated heterocycles. The van der Waals surface area contributed by atoms with E-state index < -0.39 is 11.9 Å². The summed E-state index contributed by atoms with van der Waals surface area (Å²) in [6.45, 7) is 1.66. The third-order valence-corrected chi connectivity index (χ3v) is 2.82. The molecule has 18 heavy (non-hydrogen) atoms. The number of rotatable bonds is 3. The van der Waals surface area contributed by atoms with Crippen LogP contribution in [0.4, 0.5) is 14.9 Å². The molecule has 0 aliphatic carbocycles. The van der Waals surface area contributed by atoms with Gasteiger partial charge in [-0.3, -0.25) is 5.32 Å². The van der Waals surface area contributed by atoms with Gasteiger partial charge in [-0.05, 0) is 25.6 Å². The van der Waals surface area contributed by atoms with Gasteiger partial charge in [-0.25, -0.2) is 9.18 Å². The number of carbonyl (C=O) groups is 1. The highest BCUT2D eigenvalue weighted by Gasteiger charge is 2.22. The maximum atomic E-state index is 13.5. The molecule has 1 aliphatic rings. The summed E-state index contributed by atoms with van der Waals surface area (Å²) < 4.78 is 19.1. The number of benzene rings is 1. The molecule has 0 unspecified atom stereocenters. The molecule has 2 rings (SSSR count). The molecule has 0 spiro atoms. The van der Waals surface area contributed by atoms with Crippen LogP contribution in [0.5, 0.6) is 5.75 Å². The van der Waals surface area contributed by atoms with E-state index in [0.29, 0.717) is 5.69 Å². The average Bonchev–Trinajstić information content (AvgIpc) is 2.68. The van der Waals surface area contributed by atoms with E-state index in [4.69, 9.17) is 9.84 Å². The summed E-state index contributed by atoms with van der Waals surface area (Å²) in [5.41, 5.74) is 0.297. The normalized spacial score (nSPS) is 19.8. The maximum absolute atomic E-state index is 13.5. The number of ether oxygens (including phenoxy) is 1. The molecule has 0 bridgehead atoms. The molecule has 0 radical (unpaired) electrons. The van der Waals surface area contributed by atoms with E-state index in [9.17, 15) is 9.18 Å². The van der Waals surface area contributed by atoms with Gasteiger partial charge in [0.05, 0.1) is 0 Å². The molecule has 1 aromatic carbocycles. The van der Waals surface area contributed by atoms with Gasteiger partial charge in [-0.1, -0.05) is 0 Å². The minimum Gasteiger partial charge on any atom is -0.486 e. The lowest BCUT2D eigenvalue weighted by atomic mass is 10.2. The van der Waals surface area contributed by atoms with Crippen LogP contribution in [0.3, 0.4) is 0 Å². The monoisotopic (exact) mass is 254 g/mol. The number of hydrogen-bond donors (Lipinski definition) is 2. The van der Waals surface area contributed by atoms with Crippen molar-refractivity contribution in [2.75, 3.05) is 25.5 Å². The van der Waals surface area contributed by atoms with Crippen molar-refractivity contribution in [2.45, 2.75) is 12.5 Å². The fourth-order valence-corrected chi connectivity index (χ4v) is 1.97. The Kier molecular flexibility index (Phi) is 3.66. The van der Waals surface area contributed by atoms with Crippen molar-refractivity contribution in [2.24, 2.45) is 0 Å². The number of likely N-dealkylation sites (N-methyl/N-ethyl adjacent to an activating group) is 1. The van der Waals surface area contributed by atoms with Crippen LogP contribution in [0.2, 0.25) is 0 Å². The Morgan fingerprint density at radius 2 is 2.39 bits per heavy atom. The Morgan fingerprint density at radius 3 is 3.00 bits per heavy atom. The van der Waals surface area contributed by atoms with Crippen molar-refractivity contribution < 1.29 is 19.0 Å². The quantitative estimate of drug-likeness (QED) is 0.866. The molecule has 1 amide bonds. The average molecular weight is 254 g/mol. The Labute approximate surface area is 104 Å². The van der Waals surface area contributed by atoms with Crippen molar-refractivity contribution in [1.82, 2.24) is 4.90 Å². The van der Waals surface area contributed by atoms with Crippen LogP contribution in [0.15, 0.2) is 18.2 Å². The van der Waals surface area contributed by atoms with Gasteiger partial charge >= 0.3 is 6.09 Å². The topological polar surface area (TPSA) is 61.8 Å². The summed E-state index contributed by atoms with van der Waals surface area (Å²) >= 11 is 0. The zero-order chi connectivity index (χ0) is 13.1. The summed E-state index contributed by atoms with van der Waals surface area (Å²) in [6.07, 6.45) is -0.398. The zero-order valence-electron chi connectivity index (χ0n) is 10.0. The van der Waals surface area contributed by atoms with Crippen molar-refractivity contribution >= 4 is 11.8 Å². The second-order valence-electron chi connectivity index (χ2n) is 4.37. The van der Waals surface area contributed by atoms with E-state index in [2.05, 4.69) is 10.2 Å². The van der Waals surface area contributed by atoms with Gasteiger partial charge < -0.3 is 14.7 Å². The highest BCUT2D eigenvalue weighted by molar-refractivity contribution is 5.83. The number of hydrogen-bond acceptors (Lipinski definition) is 3. The first-order valence-corrected chi connectivity index (χ1v) is 5.69. The van der Waals surface area contributed by atoms with E-state index >= 15 is 0 Å². The third-order valence-electron chi connectivity index (χ3n) is 2.82. The lowest BCUT2D eigenvalue weighted by Gasteiger charge is -2.15. The van der Waals surface area contributed by atoms with Crippen LogP contribution >= 0.6 is 0 Å². The van der Waals surface area contributed by atoms with Gasteiger partial charge in [0.2, 0.25) is 0 Å². The highest BCUT2D eigenvalue weighted by atomic mass is 19.1. The third kappa shape index (κ3) is 3.10. The fourth-order valence-electron chi connectivity index (χ4n) is 1.97. The molecule has 0 aromatic heterocycles. The van der Waals surface area contributed by atoms with Gasteiger partial charge in [-0.15, -0.1) is 0 Å². The van der Waals surface area contributed by atoms with Crippen molar-refractivity contribution in [3.8, 4) is 5.75 Å². The number of nitrogens with one attached hydrogen (secondary N) is 1. The summed E-state index contributed by atoms with van der Waals surface area (Å²) in [5.74, 6) is -0.401. The number of nitrogens with zero attached hydrogens (tertiary/aromatic N) is 1. The molecule has 6 heteroatoms. The SMILES string of the molecule is CN1CC[C@@H](Oc2cc(NC(=O)O)ccc2F)C1. The predicted molar refractivity (Wildman–Crippen MR) is 64.6 cm³/mol. The Morgan fingerprint density at radius 1 is 1.61 bits per heavy atom. The van der Waals surface area contributed by atoms with Crippen LogP contribution in [0.25, 0.3) is 0 Å². The fraction of sp³-hybridized carbons (Fsp3) is 0.417. The number of carboxylic acid groups (broad SMARTS) is 1. The van der Waals surface area contributed by atoms with Crippen molar-refractivity contribution in [1.29, 1.82) is 0 Å². The van der Waals surface area contributed by atoms with Gasteiger partial charge in [0.25, 0.3) is 0 Å². The second-order valence-corrected chi connectivity index (χ2v) is 4.37. The molecule has 0 saturated carbocycles. The second kappa shape index (κ2) is 5.22. The minimum absolute atomic E-state index is 0.0513. The van der Waals surface area contributed by atoms with Crippen molar-refractivity contribution in [3.05, 3.63) is 24.0 Å². The molecular weight excluding hydrogens is 239 g/mol.